The van der Waals surface area contributed by atoms with Crippen LogP contribution in [0.3, 0.4) is 0 Å². The van der Waals surface area contributed by atoms with Crippen LogP contribution in [-0.4, -0.2) is 20.7 Å². The van der Waals surface area contributed by atoms with Crippen LogP contribution in [0.1, 0.15) is 63.1 Å². The Bertz CT molecular complexity index is 716. The maximum atomic E-state index is 12.6. The van der Waals surface area contributed by atoms with Gasteiger partial charge in [0.25, 0.3) is 5.91 Å². The zero-order valence-corrected chi connectivity index (χ0v) is 14.4. The van der Waals surface area contributed by atoms with Crippen molar-refractivity contribution in [3.63, 3.8) is 0 Å². The summed E-state index contributed by atoms with van der Waals surface area (Å²) in [6.07, 6.45) is 4.29. The lowest BCUT2D eigenvalue weighted by Gasteiger charge is -2.14. The third kappa shape index (κ3) is 2.67. The number of rotatable bonds is 3. The van der Waals surface area contributed by atoms with Gasteiger partial charge >= 0.3 is 0 Å². The molecular weight excluding hydrogens is 296 g/mol. The van der Waals surface area contributed by atoms with Gasteiger partial charge in [0, 0.05) is 23.2 Å². The Kier molecular flexibility index (Phi) is 4.04. The lowest BCUT2D eigenvalue weighted by molar-refractivity contribution is 0.0932. The number of carbonyl (C=O) groups excluding carboxylic acids is 1. The van der Waals surface area contributed by atoms with E-state index in [0.717, 1.165) is 40.4 Å². The predicted molar refractivity (Wildman–Crippen MR) is 87.3 cm³/mol. The van der Waals surface area contributed by atoms with Crippen molar-refractivity contribution in [2.24, 2.45) is 7.05 Å². The molecule has 0 radical (unpaired) electrons. The van der Waals surface area contributed by atoms with Crippen molar-refractivity contribution >= 4 is 17.2 Å². The molecule has 3 rings (SSSR count). The molecule has 0 saturated carbocycles. The van der Waals surface area contributed by atoms with Gasteiger partial charge in [-0.1, -0.05) is 0 Å². The number of nitrogens with one attached hydrogen (secondary N) is 1. The zero-order chi connectivity index (χ0) is 15.9. The molecule has 1 N–H and O–H groups in total. The van der Waals surface area contributed by atoms with Crippen molar-refractivity contribution in [1.29, 1.82) is 0 Å². The van der Waals surface area contributed by atoms with Crippen LogP contribution in [0, 0.1) is 13.8 Å². The number of carbonyl (C=O) groups is 1. The van der Waals surface area contributed by atoms with Gasteiger partial charge in [-0.15, -0.1) is 11.3 Å². The number of aromatic nitrogens is 3. The summed E-state index contributed by atoms with van der Waals surface area (Å²) in [5.74, 6) is -0.0868. The van der Waals surface area contributed by atoms with Gasteiger partial charge in [0.2, 0.25) is 0 Å². The first-order valence-electron chi connectivity index (χ1n) is 7.77. The van der Waals surface area contributed by atoms with Gasteiger partial charge in [-0.3, -0.25) is 9.48 Å². The van der Waals surface area contributed by atoms with Gasteiger partial charge < -0.3 is 5.32 Å². The molecule has 2 aromatic heterocycles. The number of hydrogen-bond donors (Lipinski definition) is 1. The first-order chi connectivity index (χ1) is 10.5. The van der Waals surface area contributed by atoms with Crippen LogP contribution in [0.2, 0.25) is 0 Å². The van der Waals surface area contributed by atoms with Crippen molar-refractivity contribution in [1.82, 2.24) is 20.1 Å². The largest absolute Gasteiger partial charge is 0.342 e. The molecule has 1 aliphatic carbocycles. The summed E-state index contributed by atoms with van der Waals surface area (Å²) in [6.45, 7) is 6.02. The Morgan fingerprint density at radius 2 is 2.05 bits per heavy atom. The molecule has 0 aliphatic heterocycles. The molecule has 2 aromatic rings. The summed E-state index contributed by atoms with van der Waals surface area (Å²) in [6, 6.07) is -0.0984. The summed E-state index contributed by atoms with van der Waals surface area (Å²) in [5.41, 5.74) is 3.89. The average Bonchev–Trinajstić information content (AvgIpc) is 2.99. The van der Waals surface area contributed by atoms with Gasteiger partial charge in [0.1, 0.15) is 0 Å². The number of hydrogen-bond acceptors (Lipinski definition) is 4. The Labute approximate surface area is 134 Å². The summed E-state index contributed by atoms with van der Waals surface area (Å²) in [5, 5.41) is 8.54. The van der Waals surface area contributed by atoms with Crippen LogP contribution >= 0.6 is 11.3 Å². The van der Waals surface area contributed by atoms with E-state index >= 15 is 0 Å². The molecule has 22 heavy (non-hydrogen) atoms. The van der Waals surface area contributed by atoms with Crippen LogP contribution < -0.4 is 5.32 Å². The van der Waals surface area contributed by atoms with Gasteiger partial charge in [-0.05, 0) is 46.5 Å². The van der Waals surface area contributed by atoms with Crippen LogP contribution in [-0.2, 0) is 19.9 Å². The summed E-state index contributed by atoms with van der Waals surface area (Å²) < 4.78 is 1.87. The van der Waals surface area contributed by atoms with Crippen molar-refractivity contribution in [2.75, 3.05) is 0 Å². The molecule has 1 aliphatic rings. The van der Waals surface area contributed by atoms with Crippen molar-refractivity contribution < 1.29 is 4.79 Å². The molecule has 0 bridgehead atoms. The topological polar surface area (TPSA) is 59.8 Å². The SMILES string of the molecule is Cc1nc([C@@H](C)NC(=O)c2nn(C)c3c2CCCC3)c(C)s1. The number of thiazole rings is 1. The molecule has 0 spiro atoms. The predicted octanol–water partition coefficient (Wildman–Crippen LogP) is 2.86. The van der Waals surface area contributed by atoms with E-state index in [2.05, 4.69) is 15.4 Å². The van der Waals surface area contributed by atoms with Gasteiger partial charge in [0.05, 0.1) is 16.7 Å². The fraction of sp³-hybridized carbons (Fsp3) is 0.562. The molecular formula is C16H22N4OS. The molecule has 5 nitrogen and oxygen atoms in total. The fourth-order valence-corrected chi connectivity index (χ4v) is 4.15. The lowest BCUT2D eigenvalue weighted by Crippen LogP contribution is -2.28. The Hall–Kier alpha value is -1.69. The second kappa shape index (κ2) is 5.83. The molecule has 118 valence electrons. The second-order valence-corrected chi connectivity index (χ2v) is 7.38. The number of aryl methyl sites for hydroxylation is 3. The van der Waals surface area contributed by atoms with Gasteiger partial charge in [-0.25, -0.2) is 4.98 Å². The van der Waals surface area contributed by atoms with E-state index in [0.29, 0.717) is 5.69 Å². The lowest BCUT2D eigenvalue weighted by atomic mass is 9.95. The Balaban J connectivity index is 1.82. The molecule has 0 saturated heterocycles. The highest BCUT2D eigenvalue weighted by Crippen LogP contribution is 2.26. The molecule has 0 fully saturated rings. The summed E-state index contributed by atoms with van der Waals surface area (Å²) in [4.78, 5) is 18.3. The van der Waals surface area contributed by atoms with Crippen molar-refractivity contribution in [3.8, 4) is 0 Å². The second-order valence-electron chi connectivity index (χ2n) is 5.97. The fourth-order valence-electron chi connectivity index (χ4n) is 3.23. The molecule has 0 aromatic carbocycles. The van der Waals surface area contributed by atoms with Crippen LogP contribution in [0.25, 0.3) is 0 Å². The van der Waals surface area contributed by atoms with Crippen LogP contribution in [0.4, 0.5) is 0 Å². The number of amides is 1. The van der Waals surface area contributed by atoms with E-state index in [1.54, 1.807) is 11.3 Å². The summed E-state index contributed by atoms with van der Waals surface area (Å²) >= 11 is 1.67. The average molecular weight is 318 g/mol. The van der Waals surface area contributed by atoms with Crippen LogP contribution in [0.15, 0.2) is 0 Å². The Morgan fingerprint density at radius 3 is 2.73 bits per heavy atom. The highest BCUT2D eigenvalue weighted by molar-refractivity contribution is 7.11. The Morgan fingerprint density at radius 1 is 1.32 bits per heavy atom. The van der Waals surface area contributed by atoms with Crippen LogP contribution in [0.5, 0.6) is 0 Å². The minimum absolute atomic E-state index is 0.0868. The van der Waals surface area contributed by atoms with E-state index in [4.69, 9.17) is 0 Å². The normalized spacial score (nSPS) is 15.5. The van der Waals surface area contributed by atoms with E-state index < -0.39 is 0 Å². The first-order valence-corrected chi connectivity index (χ1v) is 8.58. The molecule has 6 heteroatoms. The maximum Gasteiger partial charge on any atom is 0.272 e. The quantitative estimate of drug-likeness (QED) is 0.946. The van der Waals surface area contributed by atoms with E-state index in [1.807, 2.05) is 32.5 Å². The zero-order valence-electron chi connectivity index (χ0n) is 13.6. The summed E-state index contributed by atoms with van der Waals surface area (Å²) in [7, 11) is 1.93. The number of nitrogens with zero attached hydrogens (tertiary/aromatic N) is 3. The minimum Gasteiger partial charge on any atom is -0.342 e. The molecule has 2 heterocycles. The monoisotopic (exact) mass is 318 g/mol. The number of fused-ring (bicyclic) bond motifs is 1. The smallest absolute Gasteiger partial charge is 0.272 e. The molecule has 1 amide bonds. The third-order valence-corrected chi connectivity index (χ3v) is 5.18. The molecule has 1 atom stereocenters. The first kappa shape index (κ1) is 15.2. The van der Waals surface area contributed by atoms with E-state index in [1.165, 1.54) is 12.1 Å². The standard InChI is InChI=1S/C16H22N4OS/c1-9(14-10(2)22-11(3)18-14)17-16(21)15-12-7-5-6-8-13(12)20(4)19-15/h9H,5-8H2,1-4H3,(H,17,21)/t9-/m1/s1. The van der Waals surface area contributed by atoms with E-state index in [9.17, 15) is 4.79 Å². The third-order valence-electron chi connectivity index (χ3n) is 4.28. The van der Waals surface area contributed by atoms with Gasteiger partial charge in [-0.2, -0.15) is 5.10 Å². The van der Waals surface area contributed by atoms with Crippen molar-refractivity contribution in [3.05, 3.63) is 32.5 Å². The molecule has 0 unspecified atom stereocenters. The van der Waals surface area contributed by atoms with Crippen molar-refractivity contribution in [2.45, 2.75) is 52.5 Å². The van der Waals surface area contributed by atoms with E-state index in [-0.39, 0.29) is 11.9 Å². The highest BCUT2D eigenvalue weighted by atomic mass is 32.1. The minimum atomic E-state index is -0.0984. The van der Waals surface area contributed by atoms with Gasteiger partial charge in [0.15, 0.2) is 5.69 Å². The maximum absolute atomic E-state index is 12.6. The highest BCUT2D eigenvalue weighted by Gasteiger charge is 2.25.